The molecule has 1 aromatic rings. The molecule has 0 saturated carbocycles. The zero-order valence-corrected chi connectivity index (χ0v) is 13.9. The first-order valence-corrected chi connectivity index (χ1v) is 7.51. The van der Waals surface area contributed by atoms with Gasteiger partial charge in [0.15, 0.2) is 6.10 Å². The van der Waals surface area contributed by atoms with Crippen LogP contribution in [0.15, 0.2) is 24.3 Å². The normalized spacial score (nSPS) is 11.3. The molecule has 1 unspecified atom stereocenters. The Labute approximate surface area is 136 Å². The maximum Gasteiger partial charge on any atom is 0.338 e. The number of urea groups is 1. The molecule has 0 aromatic heterocycles. The fourth-order valence-electron chi connectivity index (χ4n) is 1.96. The van der Waals surface area contributed by atoms with Crippen molar-refractivity contribution in [2.45, 2.75) is 26.9 Å². The summed E-state index contributed by atoms with van der Waals surface area (Å²) in [5, 5.41) is 4.30. The van der Waals surface area contributed by atoms with Crippen LogP contribution in [0.2, 0.25) is 0 Å². The van der Waals surface area contributed by atoms with Gasteiger partial charge in [-0.1, -0.05) is 0 Å². The summed E-state index contributed by atoms with van der Waals surface area (Å²) in [6.07, 6.45) is -1.07. The Kier molecular flexibility index (Phi) is 7.05. The van der Waals surface area contributed by atoms with E-state index >= 15 is 0 Å². The summed E-state index contributed by atoms with van der Waals surface area (Å²) in [6.45, 7) is 7.26. The van der Waals surface area contributed by atoms with Gasteiger partial charge in [0.1, 0.15) is 0 Å². The van der Waals surface area contributed by atoms with Crippen LogP contribution in [0, 0.1) is 0 Å². The molecule has 0 aliphatic carbocycles. The molecule has 0 saturated heterocycles. The topological polar surface area (TPSA) is 87.7 Å². The van der Waals surface area contributed by atoms with Gasteiger partial charge >= 0.3 is 12.0 Å². The molecular weight excluding hydrogens is 298 g/mol. The summed E-state index contributed by atoms with van der Waals surface area (Å²) in [4.78, 5) is 36.9. The van der Waals surface area contributed by atoms with Gasteiger partial charge in [-0.3, -0.25) is 10.1 Å². The highest BCUT2D eigenvalue weighted by molar-refractivity contribution is 5.98. The molecule has 23 heavy (non-hydrogen) atoms. The number of esters is 1. The van der Waals surface area contributed by atoms with Crippen molar-refractivity contribution in [3.05, 3.63) is 29.8 Å². The molecule has 0 bridgehead atoms. The van der Waals surface area contributed by atoms with E-state index in [1.54, 1.807) is 12.1 Å². The molecule has 2 N–H and O–H groups in total. The van der Waals surface area contributed by atoms with Crippen molar-refractivity contribution in [1.29, 1.82) is 0 Å². The fraction of sp³-hybridized carbons (Fsp3) is 0.438. The van der Waals surface area contributed by atoms with Crippen molar-refractivity contribution in [2.75, 3.05) is 25.0 Å². The van der Waals surface area contributed by atoms with Gasteiger partial charge in [0.05, 0.1) is 5.56 Å². The van der Waals surface area contributed by atoms with Crippen molar-refractivity contribution in [3.8, 4) is 0 Å². The Morgan fingerprint density at radius 3 is 2.17 bits per heavy atom. The van der Waals surface area contributed by atoms with Crippen LogP contribution in [0.3, 0.4) is 0 Å². The van der Waals surface area contributed by atoms with E-state index in [1.165, 1.54) is 14.0 Å². The fourth-order valence-corrected chi connectivity index (χ4v) is 1.96. The molecule has 0 spiro atoms. The van der Waals surface area contributed by atoms with Crippen LogP contribution in [0.4, 0.5) is 10.5 Å². The number of ether oxygens (including phenoxy) is 1. The number of benzene rings is 1. The second-order valence-corrected chi connectivity index (χ2v) is 4.84. The highest BCUT2D eigenvalue weighted by Gasteiger charge is 2.20. The number of amides is 3. The highest BCUT2D eigenvalue weighted by Crippen LogP contribution is 2.15. The molecule has 1 aromatic carbocycles. The van der Waals surface area contributed by atoms with E-state index in [1.807, 2.05) is 12.1 Å². The summed E-state index contributed by atoms with van der Waals surface area (Å²) in [5.41, 5.74) is 1.36. The van der Waals surface area contributed by atoms with Crippen molar-refractivity contribution in [2.24, 2.45) is 0 Å². The van der Waals surface area contributed by atoms with Crippen LogP contribution in [0.25, 0.3) is 0 Å². The van der Waals surface area contributed by atoms with Crippen molar-refractivity contribution in [1.82, 2.24) is 10.6 Å². The van der Waals surface area contributed by atoms with Gasteiger partial charge < -0.3 is 15.0 Å². The standard InChI is InChI=1S/C16H23N3O4/c1-5-19(6-2)13-9-7-12(8-10-13)15(21)23-11(3)14(20)18-16(22)17-4/h7-11H,5-6H2,1-4H3,(H2,17,18,20,22). The molecule has 7 heteroatoms. The Hall–Kier alpha value is -2.57. The van der Waals surface area contributed by atoms with E-state index in [-0.39, 0.29) is 0 Å². The third-order valence-corrected chi connectivity index (χ3v) is 3.35. The maximum absolute atomic E-state index is 12.0. The SMILES string of the molecule is CCN(CC)c1ccc(C(=O)OC(C)C(=O)NC(=O)NC)cc1. The molecular formula is C16H23N3O4. The lowest BCUT2D eigenvalue weighted by Gasteiger charge is -2.21. The second-order valence-electron chi connectivity index (χ2n) is 4.84. The smallest absolute Gasteiger partial charge is 0.338 e. The molecule has 0 heterocycles. The first-order valence-electron chi connectivity index (χ1n) is 7.51. The van der Waals surface area contributed by atoms with Crippen molar-refractivity contribution >= 4 is 23.6 Å². The van der Waals surface area contributed by atoms with Crippen LogP contribution >= 0.6 is 0 Å². The molecule has 7 nitrogen and oxygen atoms in total. The zero-order valence-electron chi connectivity index (χ0n) is 13.9. The third kappa shape index (κ3) is 5.28. The first-order chi connectivity index (χ1) is 10.9. The average Bonchev–Trinajstić information content (AvgIpc) is 2.56. The van der Waals surface area contributed by atoms with Crippen LogP contribution in [0.5, 0.6) is 0 Å². The van der Waals surface area contributed by atoms with E-state index in [2.05, 4.69) is 29.4 Å². The summed E-state index contributed by atoms with van der Waals surface area (Å²) in [7, 11) is 1.39. The number of nitrogens with one attached hydrogen (secondary N) is 2. The highest BCUT2D eigenvalue weighted by atomic mass is 16.5. The molecule has 0 radical (unpaired) electrons. The minimum atomic E-state index is -1.07. The summed E-state index contributed by atoms with van der Waals surface area (Å²) in [5.74, 6) is -1.30. The van der Waals surface area contributed by atoms with Crippen LogP contribution in [0.1, 0.15) is 31.1 Å². The zero-order chi connectivity index (χ0) is 17.4. The lowest BCUT2D eigenvalue weighted by molar-refractivity contribution is -0.127. The van der Waals surface area contributed by atoms with E-state index in [0.717, 1.165) is 18.8 Å². The number of rotatable bonds is 6. The van der Waals surface area contributed by atoms with E-state index in [4.69, 9.17) is 4.74 Å². The van der Waals surface area contributed by atoms with Gasteiger partial charge in [0.25, 0.3) is 5.91 Å². The molecule has 126 valence electrons. The van der Waals surface area contributed by atoms with Gasteiger partial charge in [-0.25, -0.2) is 9.59 Å². The van der Waals surface area contributed by atoms with Crippen molar-refractivity contribution in [3.63, 3.8) is 0 Å². The van der Waals surface area contributed by atoms with E-state index < -0.39 is 24.0 Å². The predicted octanol–water partition coefficient (Wildman–Crippen LogP) is 1.53. The van der Waals surface area contributed by atoms with Gasteiger partial charge in [-0.05, 0) is 45.0 Å². The maximum atomic E-state index is 12.0. The average molecular weight is 321 g/mol. The number of carbonyl (C=O) groups excluding carboxylic acids is 3. The summed E-state index contributed by atoms with van der Waals surface area (Å²) >= 11 is 0. The Bertz CT molecular complexity index is 553. The van der Waals surface area contributed by atoms with Crippen LogP contribution in [-0.2, 0) is 9.53 Å². The van der Waals surface area contributed by atoms with Crippen LogP contribution in [-0.4, -0.2) is 44.1 Å². The Balaban J connectivity index is 2.67. The molecule has 0 fully saturated rings. The molecule has 0 aliphatic heterocycles. The molecule has 1 atom stereocenters. The lowest BCUT2D eigenvalue weighted by Crippen LogP contribution is -2.43. The monoisotopic (exact) mass is 321 g/mol. The van der Waals surface area contributed by atoms with E-state index in [9.17, 15) is 14.4 Å². The number of imide groups is 1. The Morgan fingerprint density at radius 1 is 1.13 bits per heavy atom. The number of carbonyl (C=O) groups is 3. The largest absolute Gasteiger partial charge is 0.449 e. The van der Waals surface area contributed by atoms with Crippen LogP contribution < -0.4 is 15.5 Å². The minimum Gasteiger partial charge on any atom is -0.449 e. The second kappa shape index (κ2) is 8.77. The van der Waals surface area contributed by atoms with Gasteiger partial charge in [0, 0.05) is 25.8 Å². The third-order valence-electron chi connectivity index (χ3n) is 3.35. The number of anilines is 1. The van der Waals surface area contributed by atoms with Gasteiger partial charge in [-0.15, -0.1) is 0 Å². The lowest BCUT2D eigenvalue weighted by atomic mass is 10.2. The summed E-state index contributed by atoms with van der Waals surface area (Å²) in [6, 6.07) is 6.32. The van der Waals surface area contributed by atoms with E-state index in [0.29, 0.717) is 5.56 Å². The Morgan fingerprint density at radius 2 is 1.70 bits per heavy atom. The van der Waals surface area contributed by atoms with Gasteiger partial charge in [0.2, 0.25) is 0 Å². The first kappa shape index (κ1) is 18.5. The quantitative estimate of drug-likeness (QED) is 0.776. The van der Waals surface area contributed by atoms with Crippen molar-refractivity contribution < 1.29 is 19.1 Å². The van der Waals surface area contributed by atoms with Gasteiger partial charge in [-0.2, -0.15) is 0 Å². The molecule has 3 amide bonds. The molecule has 0 aliphatic rings. The predicted molar refractivity (Wildman–Crippen MR) is 87.5 cm³/mol. The number of nitrogens with zero attached hydrogens (tertiary/aromatic N) is 1. The minimum absolute atomic E-state index is 0.348. The number of hydrogen-bond donors (Lipinski definition) is 2. The molecule has 1 rings (SSSR count). The number of hydrogen-bond acceptors (Lipinski definition) is 5. The summed E-state index contributed by atoms with van der Waals surface area (Å²) < 4.78 is 5.05.